The molecule has 3 rings (SSSR count). The summed E-state index contributed by atoms with van der Waals surface area (Å²) in [4.78, 5) is 11.2. The maximum absolute atomic E-state index is 5.19. The summed E-state index contributed by atoms with van der Waals surface area (Å²) in [5, 5.41) is 3.46. The largest absolute Gasteiger partial charge is 0.497 e. The van der Waals surface area contributed by atoms with Crippen LogP contribution in [0.15, 0.2) is 73.1 Å². The molecule has 5 heteroatoms. The van der Waals surface area contributed by atoms with Crippen molar-refractivity contribution in [2.24, 2.45) is 0 Å². The minimum Gasteiger partial charge on any atom is -0.497 e. The molecule has 2 heterocycles. The molecule has 0 spiro atoms. The number of methoxy groups -OCH3 is 1. The number of nitrogens with one attached hydrogen (secondary N) is 1. The third-order valence-corrected chi connectivity index (χ3v) is 4.07. The van der Waals surface area contributed by atoms with Crippen LogP contribution >= 0.6 is 0 Å². The van der Waals surface area contributed by atoms with Gasteiger partial charge in [0.05, 0.1) is 18.5 Å². The van der Waals surface area contributed by atoms with E-state index in [1.807, 2.05) is 60.9 Å². The quantitative estimate of drug-likeness (QED) is 0.640. The molecule has 0 aliphatic rings. The number of hydrogen-bond acceptors (Lipinski definition) is 5. The van der Waals surface area contributed by atoms with Gasteiger partial charge in [-0.1, -0.05) is 12.1 Å². The fraction of sp³-hybridized carbons (Fsp3) is 0.238. The van der Waals surface area contributed by atoms with Crippen LogP contribution in [0.1, 0.15) is 11.4 Å². The lowest BCUT2D eigenvalue weighted by atomic mass is 10.2. The molecule has 0 fully saturated rings. The zero-order valence-electron chi connectivity index (χ0n) is 15.0. The van der Waals surface area contributed by atoms with Crippen molar-refractivity contribution in [1.82, 2.24) is 14.9 Å². The van der Waals surface area contributed by atoms with Crippen LogP contribution in [-0.4, -0.2) is 35.1 Å². The zero-order chi connectivity index (χ0) is 18.0. The van der Waals surface area contributed by atoms with Gasteiger partial charge in [-0.3, -0.25) is 14.9 Å². The monoisotopic (exact) mass is 348 g/mol. The van der Waals surface area contributed by atoms with E-state index in [2.05, 4.69) is 32.3 Å². The fourth-order valence-corrected chi connectivity index (χ4v) is 2.72. The van der Waals surface area contributed by atoms with Gasteiger partial charge >= 0.3 is 0 Å². The minimum atomic E-state index is 0.793. The van der Waals surface area contributed by atoms with Gasteiger partial charge in [0.15, 0.2) is 0 Å². The zero-order valence-corrected chi connectivity index (χ0v) is 15.0. The maximum Gasteiger partial charge on any atom is 0.119 e. The molecule has 134 valence electrons. The highest BCUT2D eigenvalue weighted by Crippen LogP contribution is 2.15. The topological polar surface area (TPSA) is 50.3 Å². The predicted octanol–water partition coefficient (Wildman–Crippen LogP) is 3.60. The van der Waals surface area contributed by atoms with Gasteiger partial charge in [-0.15, -0.1) is 0 Å². The Morgan fingerprint density at radius 2 is 1.46 bits per heavy atom. The molecule has 0 bridgehead atoms. The molecular formula is C21H24N4O. The molecule has 2 aromatic heterocycles. The van der Waals surface area contributed by atoms with Crippen LogP contribution < -0.4 is 10.1 Å². The van der Waals surface area contributed by atoms with Crippen molar-refractivity contribution in [1.29, 1.82) is 0 Å². The Labute approximate surface area is 154 Å². The second-order valence-electron chi connectivity index (χ2n) is 6.01. The average Bonchev–Trinajstić information content (AvgIpc) is 2.70. The van der Waals surface area contributed by atoms with Gasteiger partial charge < -0.3 is 10.1 Å². The summed E-state index contributed by atoms with van der Waals surface area (Å²) in [6, 6.07) is 20.0. The summed E-state index contributed by atoms with van der Waals surface area (Å²) < 4.78 is 5.19. The minimum absolute atomic E-state index is 0.793. The van der Waals surface area contributed by atoms with Gasteiger partial charge in [0.2, 0.25) is 0 Å². The Bertz CT molecular complexity index is 722. The molecule has 0 aliphatic heterocycles. The lowest BCUT2D eigenvalue weighted by Crippen LogP contribution is -2.29. The molecule has 26 heavy (non-hydrogen) atoms. The van der Waals surface area contributed by atoms with Crippen LogP contribution in [0, 0.1) is 0 Å². The van der Waals surface area contributed by atoms with E-state index in [9.17, 15) is 0 Å². The van der Waals surface area contributed by atoms with Gasteiger partial charge in [0, 0.05) is 44.3 Å². The second kappa shape index (κ2) is 9.53. The predicted molar refractivity (Wildman–Crippen MR) is 104 cm³/mol. The van der Waals surface area contributed by atoms with Gasteiger partial charge in [0.25, 0.3) is 0 Å². The SMILES string of the molecule is COc1ccc(NCCN(Cc2ccccn2)Cc2ccccn2)cc1. The number of anilines is 1. The van der Waals surface area contributed by atoms with Crippen molar-refractivity contribution < 1.29 is 4.74 Å². The van der Waals surface area contributed by atoms with E-state index in [1.54, 1.807) is 7.11 Å². The van der Waals surface area contributed by atoms with E-state index in [4.69, 9.17) is 4.74 Å². The Hall–Kier alpha value is -2.92. The van der Waals surface area contributed by atoms with Gasteiger partial charge in [-0.25, -0.2) is 0 Å². The van der Waals surface area contributed by atoms with Crippen LogP contribution in [0.2, 0.25) is 0 Å². The number of benzene rings is 1. The molecule has 5 nitrogen and oxygen atoms in total. The number of aromatic nitrogens is 2. The fourth-order valence-electron chi connectivity index (χ4n) is 2.72. The van der Waals surface area contributed by atoms with Crippen LogP contribution in [0.5, 0.6) is 5.75 Å². The molecule has 0 unspecified atom stereocenters. The number of rotatable bonds is 9. The third-order valence-electron chi connectivity index (χ3n) is 4.07. The molecular weight excluding hydrogens is 324 g/mol. The van der Waals surface area contributed by atoms with E-state index in [0.717, 1.165) is 49.0 Å². The highest BCUT2D eigenvalue weighted by molar-refractivity contribution is 5.46. The molecule has 1 N–H and O–H groups in total. The Morgan fingerprint density at radius 1 is 0.846 bits per heavy atom. The average molecular weight is 348 g/mol. The molecule has 0 amide bonds. The van der Waals surface area contributed by atoms with Gasteiger partial charge in [0.1, 0.15) is 5.75 Å². The molecule has 0 aliphatic carbocycles. The molecule has 0 atom stereocenters. The molecule has 0 saturated heterocycles. The van der Waals surface area contributed by atoms with E-state index in [0.29, 0.717) is 0 Å². The first-order valence-electron chi connectivity index (χ1n) is 8.73. The van der Waals surface area contributed by atoms with Crippen molar-refractivity contribution in [3.8, 4) is 5.75 Å². The normalized spacial score (nSPS) is 10.7. The Kier molecular flexibility index (Phi) is 6.56. The summed E-state index contributed by atoms with van der Waals surface area (Å²) in [6.07, 6.45) is 3.67. The highest BCUT2D eigenvalue weighted by atomic mass is 16.5. The van der Waals surface area contributed by atoms with Crippen molar-refractivity contribution in [2.75, 3.05) is 25.5 Å². The lowest BCUT2D eigenvalue weighted by molar-refractivity contribution is 0.261. The number of ether oxygens (including phenoxy) is 1. The summed E-state index contributed by atoms with van der Waals surface area (Å²) >= 11 is 0. The van der Waals surface area contributed by atoms with Crippen molar-refractivity contribution in [3.63, 3.8) is 0 Å². The second-order valence-corrected chi connectivity index (χ2v) is 6.01. The first-order chi connectivity index (χ1) is 12.8. The first-order valence-corrected chi connectivity index (χ1v) is 8.73. The molecule has 3 aromatic rings. The highest BCUT2D eigenvalue weighted by Gasteiger charge is 2.08. The Morgan fingerprint density at radius 3 is 1.96 bits per heavy atom. The molecule has 0 radical (unpaired) electrons. The maximum atomic E-state index is 5.19. The van der Waals surface area contributed by atoms with Gasteiger partial charge in [-0.05, 0) is 48.5 Å². The Balaban J connectivity index is 1.58. The smallest absolute Gasteiger partial charge is 0.119 e. The lowest BCUT2D eigenvalue weighted by Gasteiger charge is -2.22. The van der Waals surface area contributed by atoms with Crippen LogP contribution in [0.4, 0.5) is 5.69 Å². The molecule has 1 aromatic carbocycles. The van der Waals surface area contributed by atoms with Crippen LogP contribution in [0.3, 0.4) is 0 Å². The van der Waals surface area contributed by atoms with E-state index in [-0.39, 0.29) is 0 Å². The van der Waals surface area contributed by atoms with E-state index < -0.39 is 0 Å². The van der Waals surface area contributed by atoms with Crippen molar-refractivity contribution in [3.05, 3.63) is 84.4 Å². The first kappa shape index (κ1) is 17.9. The summed E-state index contributed by atoms with van der Waals surface area (Å²) in [7, 11) is 1.68. The molecule has 0 saturated carbocycles. The summed E-state index contributed by atoms with van der Waals surface area (Å²) in [6.45, 7) is 3.31. The van der Waals surface area contributed by atoms with Crippen LogP contribution in [0.25, 0.3) is 0 Å². The summed E-state index contributed by atoms with van der Waals surface area (Å²) in [5.74, 6) is 0.863. The van der Waals surface area contributed by atoms with Crippen molar-refractivity contribution in [2.45, 2.75) is 13.1 Å². The van der Waals surface area contributed by atoms with Crippen LogP contribution in [-0.2, 0) is 13.1 Å². The van der Waals surface area contributed by atoms with E-state index in [1.165, 1.54) is 0 Å². The van der Waals surface area contributed by atoms with E-state index >= 15 is 0 Å². The third kappa shape index (κ3) is 5.57. The van der Waals surface area contributed by atoms with Crippen molar-refractivity contribution >= 4 is 5.69 Å². The number of hydrogen-bond donors (Lipinski definition) is 1. The summed E-state index contributed by atoms with van der Waals surface area (Å²) in [5.41, 5.74) is 3.21. The number of pyridine rings is 2. The van der Waals surface area contributed by atoms with Gasteiger partial charge in [-0.2, -0.15) is 0 Å². The number of nitrogens with zero attached hydrogens (tertiary/aromatic N) is 3. The standard InChI is InChI=1S/C21H24N4O/c1-26-21-10-8-18(9-11-21)24-14-15-25(16-19-6-2-4-12-22-19)17-20-7-3-5-13-23-20/h2-13,24H,14-17H2,1H3.